The van der Waals surface area contributed by atoms with Gasteiger partial charge in [0.25, 0.3) is 0 Å². The minimum atomic E-state index is -0.690. The summed E-state index contributed by atoms with van der Waals surface area (Å²) in [7, 11) is -0.756. The molecule has 2 fully saturated rings. The summed E-state index contributed by atoms with van der Waals surface area (Å²) in [5.74, 6) is 0.432. The van der Waals surface area contributed by atoms with Crippen molar-refractivity contribution in [1.82, 2.24) is 4.31 Å². The second-order valence-electron chi connectivity index (χ2n) is 7.25. The van der Waals surface area contributed by atoms with Crippen molar-refractivity contribution >= 4 is 17.3 Å². The number of nitrogens with zero attached hydrogens (tertiary/aromatic N) is 1. The normalized spacial score (nSPS) is 33.1. The predicted molar refractivity (Wildman–Crippen MR) is 81.2 cm³/mol. The Labute approximate surface area is 114 Å². The van der Waals surface area contributed by atoms with Crippen molar-refractivity contribution in [3.63, 3.8) is 0 Å². The summed E-state index contributed by atoms with van der Waals surface area (Å²) in [6, 6.07) is 0. The maximum absolute atomic E-state index is 6.22. The Balaban J connectivity index is 2.14. The van der Waals surface area contributed by atoms with Gasteiger partial charge in [-0.1, -0.05) is 0 Å². The van der Waals surface area contributed by atoms with Gasteiger partial charge in [-0.3, -0.25) is 4.31 Å². The van der Waals surface area contributed by atoms with E-state index in [1.807, 2.05) is 0 Å². The summed E-state index contributed by atoms with van der Waals surface area (Å²) in [6.45, 7) is 9.73. The Bertz CT molecular complexity index is 311. The van der Waals surface area contributed by atoms with Crippen LogP contribution >= 0.6 is 10.2 Å². The Morgan fingerprint density at radius 1 is 1.06 bits per heavy atom. The lowest BCUT2D eigenvalue weighted by molar-refractivity contribution is 0.00578. The van der Waals surface area contributed by atoms with Crippen LogP contribution in [-0.4, -0.2) is 53.9 Å². The van der Waals surface area contributed by atoms with E-state index in [0.29, 0.717) is 5.94 Å². The standard InChI is InChI=1S/C13H28BNO2S/c1-12(2)13(3,4)17-14(16-12)11-9-8-10-15(11)18(5,6)7/h11H,8-10H2,1-7H3. The highest BCUT2D eigenvalue weighted by molar-refractivity contribution is 8.30. The lowest BCUT2D eigenvalue weighted by Crippen LogP contribution is -2.44. The SMILES string of the molecule is CC1(C)OB(C2CCCN2S(C)(C)C)OC1(C)C. The first-order chi connectivity index (χ1) is 8.05. The third kappa shape index (κ3) is 2.47. The third-order valence-corrected chi connectivity index (χ3v) is 6.40. The van der Waals surface area contributed by atoms with Gasteiger partial charge in [-0.05, 0) is 59.3 Å². The highest BCUT2D eigenvalue weighted by Gasteiger charge is 2.56. The lowest BCUT2D eigenvalue weighted by Gasteiger charge is -2.41. The number of rotatable bonds is 2. The van der Waals surface area contributed by atoms with E-state index in [1.165, 1.54) is 19.4 Å². The Morgan fingerprint density at radius 3 is 2.00 bits per heavy atom. The topological polar surface area (TPSA) is 21.7 Å². The third-order valence-electron chi connectivity index (χ3n) is 4.54. The molecule has 1 unspecified atom stereocenters. The molecule has 18 heavy (non-hydrogen) atoms. The molecule has 2 saturated heterocycles. The van der Waals surface area contributed by atoms with Crippen LogP contribution in [0.4, 0.5) is 0 Å². The van der Waals surface area contributed by atoms with Gasteiger partial charge in [0.05, 0.1) is 17.1 Å². The van der Waals surface area contributed by atoms with Gasteiger partial charge in [0, 0.05) is 6.54 Å². The van der Waals surface area contributed by atoms with E-state index in [1.54, 1.807) is 0 Å². The van der Waals surface area contributed by atoms with Crippen molar-refractivity contribution in [2.75, 3.05) is 25.3 Å². The van der Waals surface area contributed by atoms with E-state index in [2.05, 4.69) is 50.8 Å². The monoisotopic (exact) mass is 273 g/mol. The molecular formula is C13H28BNO2S. The average Bonchev–Trinajstić information content (AvgIpc) is 2.68. The van der Waals surface area contributed by atoms with Crippen LogP contribution < -0.4 is 0 Å². The molecule has 0 N–H and O–H groups in total. The Hall–Kier alpha value is 0.295. The number of hydrogen-bond acceptors (Lipinski definition) is 3. The summed E-state index contributed by atoms with van der Waals surface area (Å²) in [4.78, 5) is 0. The Kier molecular flexibility index (Phi) is 3.60. The van der Waals surface area contributed by atoms with Gasteiger partial charge in [-0.15, -0.1) is 0 Å². The largest absolute Gasteiger partial charge is 0.477 e. The molecule has 0 aromatic rings. The first kappa shape index (κ1) is 14.7. The van der Waals surface area contributed by atoms with Crippen LogP contribution in [0.5, 0.6) is 0 Å². The summed E-state index contributed by atoms with van der Waals surface area (Å²) < 4.78 is 15.1. The summed E-state index contributed by atoms with van der Waals surface area (Å²) >= 11 is 0. The van der Waals surface area contributed by atoms with E-state index >= 15 is 0 Å². The van der Waals surface area contributed by atoms with Crippen molar-refractivity contribution in [3.05, 3.63) is 0 Å². The molecule has 2 aliphatic rings. The van der Waals surface area contributed by atoms with Crippen LogP contribution in [-0.2, 0) is 9.31 Å². The molecule has 0 amide bonds. The van der Waals surface area contributed by atoms with E-state index in [-0.39, 0.29) is 18.3 Å². The Morgan fingerprint density at radius 2 is 1.56 bits per heavy atom. The molecule has 0 aromatic carbocycles. The fourth-order valence-corrected chi connectivity index (χ4v) is 4.46. The predicted octanol–water partition coefficient (Wildman–Crippen LogP) is 2.69. The molecule has 0 spiro atoms. The molecule has 0 bridgehead atoms. The highest BCUT2D eigenvalue weighted by Crippen LogP contribution is 2.48. The van der Waals surface area contributed by atoms with Crippen LogP contribution in [0.25, 0.3) is 0 Å². The van der Waals surface area contributed by atoms with Gasteiger partial charge in [-0.2, -0.15) is 10.2 Å². The van der Waals surface area contributed by atoms with Crippen LogP contribution in [0, 0.1) is 0 Å². The molecule has 2 heterocycles. The fourth-order valence-electron chi connectivity index (χ4n) is 2.76. The van der Waals surface area contributed by atoms with E-state index in [4.69, 9.17) is 9.31 Å². The van der Waals surface area contributed by atoms with E-state index in [9.17, 15) is 0 Å². The second-order valence-corrected chi connectivity index (χ2v) is 11.3. The molecule has 0 radical (unpaired) electrons. The zero-order valence-electron chi connectivity index (χ0n) is 12.9. The van der Waals surface area contributed by atoms with Gasteiger partial charge >= 0.3 is 7.12 Å². The molecular weight excluding hydrogens is 245 g/mol. The van der Waals surface area contributed by atoms with Gasteiger partial charge in [-0.25, -0.2) is 0 Å². The minimum absolute atomic E-state index is 0.0655. The van der Waals surface area contributed by atoms with Gasteiger partial charge in [0.2, 0.25) is 0 Å². The van der Waals surface area contributed by atoms with E-state index < -0.39 is 10.2 Å². The second kappa shape index (κ2) is 4.40. The highest BCUT2D eigenvalue weighted by atomic mass is 32.3. The fraction of sp³-hybridized carbons (Fsp3) is 1.00. The lowest BCUT2D eigenvalue weighted by atomic mass is 9.77. The van der Waals surface area contributed by atoms with Crippen molar-refractivity contribution < 1.29 is 9.31 Å². The minimum Gasteiger partial charge on any atom is -0.402 e. The molecule has 0 aromatic heterocycles. The first-order valence-electron chi connectivity index (χ1n) is 6.85. The molecule has 2 rings (SSSR count). The maximum Gasteiger partial charge on any atom is 0.477 e. The van der Waals surface area contributed by atoms with Crippen molar-refractivity contribution in [2.24, 2.45) is 0 Å². The molecule has 1 atom stereocenters. The van der Waals surface area contributed by atoms with Gasteiger partial charge in [0.1, 0.15) is 0 Å². The molecule has 5 heteroatoms. The van der Waals surface area contributed by atoms with Crippen LogP contribution in [0.2, 0.25) is 0 Å². The zero-order chi connectivity index (χ0) is 13.8. The first-order valence-corrected chi connectivity index (χ1v) is 9.67. The summed E-state index contributed by atoms with van der Waals surface area (Å²) in [5.41, 5.74) is -0.418. The molecule has 0 saturated carbocycles. The zero-order valence-corrected chi connectivity index (χ0v) is 13.8. The maximum atomic E-state index is 6.22. The van der Waals surface area contributed by atoms with Crippen molar-refractivity contribution in [2.45, 2.75) is 57.7 Å². The van der Waals surface area contributed by atoms with Gasteiger partial charge < -0.3 is 9.31 Å². The van der Waals surface area contributed by atoms with Crippen molar-refractivity contribution in [3.8, 4) is 0 Å². The van der Waals surface area contributed by atoms with Crippen LogP contribution in [0.15, 0.2) is 0 Å². The molecule has 0 aliphatic carbocycles. The average molecular weight is 273 g/mol. The quantitative estimate of drug-likeness (QED) is 0.722. The van der Waals surface area contributed by atoms with Gasteiger partial charge in [0.15, 0.2) is 0 Å². The van der Waals surface area contributed by atoms with Crippen LogP contribution in [0.1, 0.15) is 40.5 Å². The molecule has 2 aliphatic heterocycles. The van der Waals surface area contributed by atoms with Crippen molar-refractivity contribution in [1.29, 1.82) is 0 Å². The molecule has 3 nitrogen and oxygen atoms in total. The molecule has 106 valence electrons. The summed E-state index contributed by atoms with van der Waals surface area (Å²) in [6.07, 6.45) is 9.53. The smallest absolute Gasteiger partial charge is 0.402 e. The van der Waals surface area contributed by atoms with E-state index in [0.717, 1.165) is 0 Å². The summed E-state index contributed by atoms with van der Waals surface area (Å²) in [5, 5.41) is 0. The number of hydrogen-bond donors (Lipinski definition) is 0. The van der Waals surface area contributed by atoms with Crippen LogP contribution in [0.3, 0.4) is 0 Å².